The molecule has 1 unspecified atom stereocenters. The molecule has 2 N–H and O–H groups in total. The monoisotopic (exact) mass is 330 g/mol. The van der Waals surface area contributed by atoms with Crippen LogP contribution in [-0.2, 0) is 14.3 Å². The van der Waals surface area contributed by atoms with Gasteiger partial charge in [-0.05, 0) is 50.9 Å². The van der Waals surface area contributed by atoms with Crippen LogP contribution in [0.15, 0.2) is 12.2 Å². The minimum absolute atomic E-state index is 0.200. The summed E-state index contributed by atoms with van der Waals surface area (Å²) >= 11 is 0. The number of aliphatic carboxylic acids is 1. The number of carbonyl (C=O) groups is 2. The van der Waals surface area contributed by atoms with Crippen molar-refractivity contribution >= 4 is 11.9 Å². The second kappa shape index (κ2) is 3.33. The Morgan fingerprint density at radius 1 is 1.33 bits per heavy atom. The normalized spacial score (nSPS) is 64.5. The van der Waals surface area contributed by atoms with Gasteiger partial charge in [0.2, 0.25) is 0 Å². The van der Waals surface area contributed by atoms with Gasteiger partial charge in [-0.15, -0.1) is 0 Å². The Labute approximate surface area is 140 Å². The van der Waals surface area contributed by atoms with Crippen LogP contribution in [0.1, 0.15) is 39.0 Å². The number of allylic oxidation sites excluding steroid dienone is 1. The van der Waals surface area contributed by atoms with Gasteiger partial charge in [0.1, 0.15) is 5.60 Å². The SMILES string of the molecule is C=C1C2[C@@]34CC[C@@H]1C[C@@]23[C@@H](C(=O)O)[C@@H]1[C@]2(C)C(=O)O[C@@]14CC[C@@H]2O. The molecule has 9 atom stereocenters. The van der Waals surface area contributed by atoms with Gasteiger partial charge in [-0.3, -0.25) is 9.59 Å². The zero-order valence-electron chi connectivity index (χ0n) is 13.7. The fraction of sp³-hybridized carbons (Fsp3) is 0.789. The average Bonchev–Trinajstić information content (AvgIpc) is 2.90. The molecule has 7 rings (SSSR count). The lowest BCUT2D eigenvalue weighted by atomic mass is 9.54. The maximum absolute atomic E-state index is 12.8. The van der Waals surface area contributed by atoms with Crippen LogP contribution >= 0.6 is 0 Å². The number of carboxylic acids is 1. The predicted octanol–water partition coefficient (Wildman–Crippen LogP) is 1.75. The quantitative estimate of drug-likeness (QED) is 0.565. The van der Waals surface area contributed by atoms with Crippen LogP contribution in [0, 0.1) is 39.9 Å². The summed E-state index contributed by atoms with van der Waals surface area (Å²) in [4.78, 5) is 25.2. The zero-order chi connectivity index (χ0) is 16.9. The van der Waals surface area contributed by atoms with Gasteiger partial charge in [0.05, 0.1) is 17.4 Å². The van der Waals surface area contributed by atoms with E-state index in [0.717, 1.165) is 19.3 Å². The number of aliphatic hydroxyl groups excluding tert-OH is 1. The van der Waals surface area contributed by atoms with E-state index in [9.17, 15) is 19.8 Å². The lowest BCUT2D eigenvalue weighted by Gasteiger charge is -2.48. The van der Waals surface area contributed by atoms with Crippen molar-refractivity contribution in [3.05, 3.63) is 12.2 Å². The van der Waals surface area contributed by atoms with Gasteiger partial charge in [-0.2, -0.15) is 0 Å². The van der Waals surface area contributed by atoms with Crippen molar-refractivity contribution in [3.63, 3.8) is 0 Å². The molecule has 5 nitrogen and oxygen atoms in total. The maximum atomic E-state index is 12.8. The van der Waals surface area contributed by atoms with Crippen molar-refractivity contribution in [3.8, 4) is 0 Å². The smallest absolute Gasteiger partial charge is 0.315 e. The Morgan fingerprint density at radius 2 is 2.08 bits per heavy atom. The number of esters is 1. The number of fused-ring (bicyclic) bond motifs is 1. The van der Waals surface area contributed by atoms with Crippen LogP contribution in [0.5, 0.6) is 0 Å². The number of hydrogen-bond donors (Lipinski definition) is 2. The van der Waals surface area contributed by atoms with Gasteiger partial charge in [-0.1, -0.05) is 12.2 Å². The number of ether oxygens (including phenoxy) is 1. The first-order valence-corrected chi connectivity index (χ1v) is 9.12. The molecule has 6 aliphatic carbocycles. The summed E-state index contributed by atoms with van der Waals surface area (Å²) in [5.74, 6) is -1.57. The van der Waals surface area contributed by atoms with Gasteiger partial charge in [0, 0.05) is 16.7 Å². The lowest BCUT2D eigenvalue weighted by Crippen LogP contribution is -2.56. The highest BCUT2D eigenvalue weighted by molar-refractivity contribution is 5.87. The van der Waals surface area contributed by atoms with E-state index < -0.39 is 34.9 Å². The number of carboxylic acid groups (broad SMARTS) is 1. The lowest BCUT2D eigenvalue weighted by molar-refractivity contribution is -0.161. The Bertz CT molecular complexity index is 759. The molecule has 0 aromatic carbocycles. The molecule has 0 radical (unpaired) electrons. The molecule has 0 aromatic heterocycles. The molecule has 5 heteroatoms. The number of aliphatic hydroxyl groups is 1. The van der Waals surface area contributed by atoms with Gasteiger partial charge < -0.3 is 14.9 Å². The predicted molar refractivity (Wildman–Crippen MR) is 81.6 cm³/mol. The average molecular weight is 330 g/mol. The number of carbonyl (C=O) groups excluding carboxylic acids is 1. The minimum Gasteiger partial charge on any atom is -0.481 e. The summed E-state index contributed by atoms with van der Waals surface area (Å²) < 4.78 is 6.10. The molecule has 1 heterocycles. The van der Waals surface area contributed by atoms with Gasteiger partial charge >= 0.3 is 11.9 Å². The Morgan fingerprint density at radius 3 is 2.79 bits per heavy atom. The molecule has 0 amide bonds. The molecular weight excluding hydrogens is 308 g/mol. The maximum Gasteiger partial charge on any atom is 0.315 e. The van der Waals surface area contributed by atoms with E-state index in [0.29, 0.717) is 18.8 Å². The molecule has 24 heavy (non-hydrogen) atoms. The molecule has 1 saturated heterocycles. The summed E-state index contributed by atoms with van der Waals surface area (Å²) in [6.45, 7) is 6.05. The van der Waals surface area contributed by atoms with Crippen molar-refractivity contribution in [2.45, 2.75) is 50.7 Å². The van der Waals surface area contributed by atoms with E-state index >= 15 is 0 Å². The van der Waals surface area contributed by atoms with Crippen LogP contribution in [0.2, 0.25) is 0 Å². The van der Waals surface area contributed by atoms with Crippen molar-refractivity contribution in [2.75, 3.05) is 0 Å². The van der Waals surface area contributed by atoms with Gasteiger partial charge in [-0.25, -0.2) is 0 Å². The first kappa shape index (κ1) is 13.9. The van der Waals surface area contributed by atoms with E-state index in [1.54, 1.807) is 6.92 Å². The van der Waals surface area contributed by atoms with E-state index in [1.807, 2.05) is 0 Å². The van der Waals surface area contributed by atoms with E-state index in [4.69, 9.17) is 4.74 Å². The third-order valence-electron chi connectivity index (χ3n) is 9.38. The third-order valence-corrected chi connectivity index (χ3v) is 9.38. The van der Waals surface area contributed by atoms with Crippen LogP contribution in [0.3, 0.4) is 0 Å². The van der Waals surface area contributed by atoms with Crippen LogP contribution < -0.4 is 0 Å². The van der Waals surface area contributed by atoms with E-state index in [-0.39, 0.29) is 22.7 Å². The molecule has 128 valence electrons. The Balaban J connectivity index is 1.66. The summed E-state index contributed by atoms with van der Waals surface area (Å²) in [7, 11) is 0. The molecule has 2 spiro atoms. The first-order valence-electron chi connectivity index (χ1n) is 9.12. The van der Waals surface area contributed by atoms with Crippen molar-refractivity contribution in [2.24, 2.45) is 39.9 Å². The topological polar surface area (TPSA) is 83.8 Å². The molecule has 6 bridgehead atoms. The summed E-state index contributed by atoms with van der Waals surface area (Å²) in [5.41, 5.74) is -1.08. The molecule has 0 aromatic rings. The fourth-order valence-electron chi connectivity index (χ4n) is 8.87. The summed E-state index contributed by atoms with van der Waals surface area (Å²) in [6.07, 6.45) is 3.18. The molecule has 6 saturated carbocycles. The molecular formula is C19H22O5. The highest BCUT2D eigenvalue weighted by Gasteiger charge is 3.01. The van der Waals surface area contributed by atoms with Crippen LogP contribution in [-0.4, -0.2) is 33.9 Å². The largest absolute Gasteiger partial charge is 0.481 e. The van der Waals surface area contributed by atoms with E-state index in [1.165, 1.54) is 5.57 Å². The number of hydrogen-bond acceptors (Lipinski definition) is 4. The Kier molecular flexibility index (Phi) is 1.92. The Hall–Kier alpha value is -1.36. The van der Waals surface area contributed by atoms with Gasteiger partial charge in [0.25, 0.3) is 0 Å². The van der Waals surface area contributed by atoms with Crippen molar-refractivity contribution < 1.29 is 24.5 Å². The van der Waals surface area contributed by atoms with Crippen molar-refractivity contribution in [1.29, 1.82) is 0 Å². The minimum atomic E-state index is -1.08. The van der Waals surface area contributed by atoms with Crippen LogP contribution in [0.25, 0.3) is 0 Å². The molecule has 1 aliphatic heterocycles. The molecule has 7 fully saturated rings. The van der Waals surface area contributed by atoms with Gasteiger partial charge in [0.15, 0.2) is 0 Å². The zero-order valence-corrected chi connectivity index (χ0v) is 13.7. The fourth-order valence-corrected chi connectivity index (χ4v) is 8.87. The highest BCUT2D eigenvalue weighted by atomic mass is 16.6. The summed E-state index contributed by atoms with van der Waals surface area (Å²) in [5, 5.41) is 20.8. The number of rotatable bonds is 1. The van der Waals surface area contributed by atoms with Crippen molar-refractivity contribution in [1.82, 2.24) is 0 Å². The third kappa shape index (κ3) is 0.889. The van der Waals surface area contributed by atoms with E-state index in [2.05, 4.69) is 6.58 Å². The standard InChI is InChI=1S/C19H22O5/c1-8-9-3-5-18-12(8)17(18,7-9)11(14(21)22)13-16(2)10(20)4-6-19(13,18)24-15(16)23/h9-13,20H,1,3-7H2,2H3,(H,21,22)/t9-,10+,11-,12?,13-,16-,17-,18+,19+/m1/s1. The second-order valence-electron chi connectivity index (χ2n) is 9.37. The first-order chi connectivity index (χ1) is 11.3. The second-order valence-corrected chi connectivity index (χ2v) is 9.37. The molecule has 7 aliphatic rings. The van der Waals surface area contributed by atoms with Crippen LogP contribution in [0.4, 0.5) is 0 Å². The summed E-state index contributed by atoms with van der Waals surface area (Å²) in [6, 6.07) is 0. The highest BCUT2D eigenvalue weighted by Crippen LogP contribution is 2.98.